The highest BCUT2D eigenvalue weighted by atomic mass is 35.5. The van der Waals surface area contributed by atoms with Crippen LogP contribution in [0.25, 0.3) is 16.7 Å². The van der Waals surface area contributed by atoms with Gasteiger partial charge in [0, 0.05) is 11.9 Å². The van der Waals surface area contributed by atoms with Crippen molar-refractivity contribution in [2.45, 2.75) is 19.8 Å². The van der Waals surface area contributed by atoms with Crippen LogP contribution in [0.1, 0.15) is 36.0 Å². The van der Waals surface area contributed by atoms with Crippen LogP contribution in [0.5, 0.6) is 0 Å². The fourth-order valence-corrected chi connectivity index (χ4v) is 2.66. The first kappa shape index (κ1) is 19.6. The molecule has 1 N–H and O–H groups in total. The van der Waals surface area contributed by atoms with Gasteiger partial charge in [-0.05, 0) is 36.8 Å². The summed E-state index contributed by atoms with van der Waals surface area (Å²) in [5.74, 6) is -0.280. The molecule has 1 heterocycles. The van der Waals surface area contributed by atoms with E-state index in [0.29, 0.717) is 34.7 Å². The lowest BCUT2D eigenvalue weighted by Crippen LogP contribution is -2.07. The molecular formula is C21H19ClN2O4. The number of hydrogen-bond acceptors (Lipinski definition) is 6. The molecule has 0 amide bonds. The van der Waals surface area contributed by atoms with Crippen molar-refractivity contribution < 1.29 is 18.7 Å². The van der Waals surface area contributed by atoms with Gasteiger partial charge in [-0.25, -0.2) is 9.78 Å². The van der Waals surface area contributed by atoms with E-state index < -0.39 is 5.97 Å². The van der Waals surface area contributed by atoms with Crippen molar-refractivity contribution in [2.24, 2.45) is 0 Å². The van der Waals surface area contributed by atoms with Crippen molar-refractivity contribution >= 4 is 46.2 Å². The zero-order valence-corrected chi connectivity index (χ0v) is 16.0. The molecule has 0 unspecified atom stereocenters. The van der Waals surface area contributed by atoms with Crippen LogP contribution >= 0.6 is 11.6 Å². The molecule has 0 aliphatic heterocycles. The zero-order valence-electron chi connectivity index (χ0n) is 15.3. The molecule has 0 saturated carbocycles. The third-order valence-corrected chi connectivity index (χ3v) is 4.31. The number of oxazole rings is 1. The summed E-state index contributed by atoms with van der Waals surface area (Å²) in [7, 11) is 0. The first-order chi connectivity index (χ1) is 13.6. The molecular weight excluding hydrogens is 380 g/mol. The molecule has 28 heavy (non-hydrogen) atoms. The summed E-state index contributed by atoms with van der Waals surface area (Å²) < 4.78 is 10.8. The van der Waals surface area contributed by atoms with E-state index in [1.165, 1.54) is 6.20 Å². The Kier molecular flexibility index (Phi) is 6.45. The second-order valence-electron chi connectivity index (χ2n) is 6.03. The Morgan fingerprint density at radius 3 is 2.86 bits per heavy atom. The Morgan fingerprint density at radius 1 is 1.29 bits per heavy atom. The minimum Gasteiger partial charge on any atom is -0.462 e. The third-order valence-electron chi connectivity index (χ3n) is 3.98. The maximum Gasteiger partial charge on any atom is 0.339 e. The van der Waals surface area contributed by atoms with Crippen LogP contribution in [-0.2, 0) is 9.53 Å². The van der Waals surface area contributed by atoms with Gasteiger partial charge >= 0.3 is 5.97 Å². The number of para-hydroxylation sites is 2. The van der Waals surface area contributed by atoms with E-state index in [4.69, 9.17) is 20.8 Å². The summed E-state index contributed by atoms with van der Waals surface area (Å²) in [5, 5.41) is 3.27. The molecule has 0 aliphatic carbocycles. The monoisotopic (exact) mass is 398 g/mol. The molecule has 3 aromatic rings. The molecule has 1 aromatic heterocycles. The van der Waals surface area contributed by atoms with Crippen LogP contribution in [0.15, 0.2) is 53.1 Å². The zero-order chi connectivity index (χ0) is 19.9. The van der Waals surface area contributed by atoms with Crippen LogP contribution in [0.2, 0.25) is 5.02 Å². The molecule has 6 nitrogen and oxygen atoms in total. The number of fused-ring (bicyclic) bond motifs is 1. The maximum atomic E-state index is 12.2. The number of allylic oxidation sites excluding steroid dienone is 1. The van der Waals surface area contributed by atoms with Crippen molar-refractivity contribution in [3.8, 4) is 0 Å². The molecule has 0 spiro atoms. The molecule has 0 bridgehead atoms. The fraction of sp³-hybridized carbons (Fsp3) is 0.190. The number of aromatic nitrogens is 1. The number of esters is 1. The molecule has 0 aliphatic rings. The lowest BCUT2D eigenvalue weighted by molar-refractivity contribution is -0.103. The van der Waals surface area contributed by atoms with Gasteiger partial charge in [-0.15, -0.1) is 0 Å². The fourth-order valence-electron chi connectivity index (χ4n) is 2.46. The van der Waals surface area contributed by atoms with Crippen LogP contribution in [-0.4, -0.2) is 23.8 Å². The Hall–Kier alpha value is -3.12. The van der Waals surface area contributed by atoms with Crippen molar-refractivity contribution in [1.29, 1.82) is 0 Å². The van der Waals surface area contributed by atoms with E-state index in [9.17, 15) is 9.59 Å². The Bertz CT molecular complexity index is 993. The topological polar surface area (TPSA) is 81.4 Å². The van der Waals surface area contributed by atoms with Gasteiger partial charge < -0.3 is 14.5 Å². The number of halogens is 1. The third kappa shape index (κ3) is 4.58. The lowest BCUT2D eigenvalue weighted by atomic mass is 10.2. The largest absolute Gasteiger partial charge is 0.462 e. The van der Waals surface area contributed by atoms with Crippen molar-refractivity contribution in [2.75, 3.05) is 11.9 Å². The highest BCUT2D eigenvalue weighted by Crippen LogP contribution is 2.23. The van der Waals surface area contributed by atoms with E-state index in [1.807, 2.05) is 19.1 Å². The van der Waals surface area contributed by atoms with Gasteiger partial charge in [0.25, 0.3) is 0 Å². The maximum absolute atomic E-state index is 12.2. The number of hydrogen-bond donors (Lipinski definition) is 1. The van der Waals surface area contributed by atoms with E-state index in [2.05, 4.69) is 10.3 Å². The molecule has 0 atom stereocenters. The number of ether oxygens (including phenoxy) is 1. The van der Waals surface area contributed by atoms with E-state index in [1.54, 1.807) is 30.3 Å². The summed E-state index contributed by atoms with van der Waals surface area (Å²) in [6.45, 7) is 2.36. The second-order valence-corrected chi connectivity index (χ2v) is 6.44. The van der Waals surface area contributed by atoms with Crippen molar-refractivity contribution in [1.82, 2.24) is 4.98 Å². The smallest absolute Gasteiger partial charge is 0.339 e. The van der Waals surface area contributed by atoms with Gasteiger partial charge in [0.1, 0.15) is 5.52 Å². The SMILES string of the molecule is CCCCOC(=O)c1cc(NC=C(C=O)c2nc3ccccc3o2)ccc1Cl. The standard InChI is InChI=1S/C21H19ClN2O4/c1-2-3-10-27-21(26)16-11-15(8-9-17(16)22)23-12-14(13-25)20-24-18-6-4-5-7-19(18)28-20/h4-9,11-13,23H,2-3,10H2,1H3. The Balaban J connectivity index is 1.79. The number of aldehydes is 1. The van der Waals surface area contributed by atoms with Gasteiger partial charge in [-0.3, -0.25) is 4.79 Å². The van der Waals surface area contributed by atoms with Gasteiger partial charge in [-0.1, -0.05) is 37.1 Å². The van der Waals surface area contributed by atoms with Crippen LogP contribution < -0.4 is 5.32 Å². The average Bonchev–Trinajstić information content (AvgIpc) is 3.13. The summed E-state index contributed by atoms with van der Waals surface area (Å²) in [6, 6.07) is 12.1. The summed E-state index contributed by atoms with van der Waals surface area (Å²) in [4.78, 5) is 27.9. The summed E-state index contributed by atoms with van der Waals surface area (Å²) in [5.41, 5.74) is 2.31. The van der Waals surface area contributed by atoms with Gasteiger partial charge in [-0.2, -0.15) is 0 Å². The summed E-state index contributed by atoms with van der Waals surface area (Å²) >= 11 is 6.11. The van der Waals surface area contributed by atoms with E-state index >= 15 is 0 Å². The number of carbonyl (C=O) groups is 2. The van der Waals surface area contributed by atoms with E-state index in [0.717, 1.165) is 12.8 Å². The number of rotatable bonds is 8. The molecule has 7 heteroatoms. The van der Waals surface area contributed by atoms with Crippen LogP contribution in [0.4, 0.5) is 5.69 Å². The molecule has 2 aromatic carbocycles. The number of benzene rings is 2. The van der Waals surface area contributed by atoms with Crippen molar-refractivity contribution in [3.63, 3.8) is 0 Å². The quantitative estimate of drug-likeness (QED) is 0.246. The lowest BCUT2D eigenvalue weighted by Gasteiger charge is -2.08. The highest BCUT2D eigenvalue weighted by molar-refractivity contribution is 6.33. The summed E-state index contributed by atoms with van der Waals surface area (Å²) in [6.07, 6.45) is 3.83. The van der Waals surface area contributed by atoms with Gasteiger partial charge in [0.2, 0.25) is 5.89 Å². The Morgan fingerprint density at radius 2 is 2.11 bits per heavy atom. The number of nitrogens with one attached hydrogen (secondary N) is 1. The molecule has 3 rings (SSSR count). The molecule has 0 saturated heterocycles. The molecule has 0 fully saturated rings. The predicted molar refractivity (Wildman–Crippen MR) is 108 cm³/mol. The van der Waals surface area contributed by atoms with E-state index in [-0.39, 0.29) is 17.0 Å². The number of anilines is 1. The van der Waals surface area contributed by atoms with Crippen LogP contribution in [0.3, 0.4) is 0 Å². The predicted octanol–water partition coefficient (Wildman–Crippen LogP) is 5.09. The molecule has 0 radical (unpaired) electrons. The number of carbonyl (C=O) groups excluding carboxylic acids is 2. The first-order valence-corrected chi connectivity index (χ1v) is 9.24. The number of unbranched alkanes of at least 4 members (excludes halogenated alkanes) is 1. The Labute approximate surface area is 167 Å². The van der Waals surface area contributed by atoms with Gasteiger partial charge in [0.15, 0.2) is 11.9 Å². The first-order valence-electron chi connectivity index (χ1n) is 8.87. The van der Waals surface area contributed by atoms with Crippen molar-refractivity contribution in [3.05, 3.63) is 65.1 Å². The average molecular weight is 399 g/mol. The minimum atomic E-state index is -0.486. The van der Waals surface area contributed by atoms with Gasteiger partial charge in [0.05, 0.1) is 22.8 Å². The number of nitrogens with zero attached hydrogens (tertiary/aromatic N) is 1. The van der Waals surface area contributed by atoms with Crippen LogP contribution in [0, 0.1) is 0 Å². The molecule has 144 valence electrons. The second kappa shape index (κ2) is 9.19. The normalized spacial score (nSPS) is 11.4. The minimum absolute atomic E-state index is 0.205. The highest BCUT2D eigenvalue weighted by Gasteiger charge is 2.13.